The van der Waals surface area contributed by atoms with E-state index in [9.17, 15) is 4.79 Å². The third-order valence-electron chi connectivity index (χ3n) is 4.46. The average molecular weight is 266 g/mol. The van der Waals surface area contributed by atoms with Gasteiger partial charge in [-0.05, 0) is 43.9 Å². The summed E-state index contributed by atoms with van der Waals surface area (Å²) in [5.41, 5.74) is -0.184. The van der Waals surface area contributed by atoms with Crippen molar-refractivity contribution in [1.82, 2.24) is 10.2 Å². The second kappa shape index (κ2) is 5.06. The Hall–Kier alpha value is -0.610. The third kappa shape index (κ3) is 2.95. The van der Waals surface area contributed by atoms with Crippen LogP contribution in [0.15, 0.2) is 0 Å². The summed E-state index contributed by atoms with van der Waals surface area (Å²) in [5.74, 6) is 1.72. The van der Waals surface area contributed by atoms with Gasteiger partial charge < -0.3 is 9.64 Å². The highest BCUT2D eigenvalue weighted by Gasteiger charge is 2.58. The molecule has 0 bridgehead atoms. The number of carbonyl (C=O) groups is 1. The first-order valence-electron chi connectivity index (χ1n) is 7.77. The highest BCUT2D eigenvalue weighted by atomic mass is 16.5. The molecule has 1 atom stereocenters. The Morgan fingerprint density at radius 1 is 1.42 bits per heavy atom. The van der Waals surface area contributed by atoms with Crippen LogP contribution in [0.1, 0.15) is 46.0 Å². The van der Waals surface area contributed by atoms with Gasteiger partial charge in [0.15, 0.2) is 0 Å². The number of nitrogens with zero attached hydrogens (tertiary/aromatic N) is 1. The van der Waals surface area contributed by atoms with Gasteiger partial charge in [-0.2, -0.15) is 0 Å². The second-order valence-corrected chi connectivity index (χ2v) is 6.89. The lowest BCUT2D eigenvalue weighted by atomic mass is 10.1. The van der Waals surface area contributed by atoms with Crippen LogP contribution in [0.3, 0.4) is 0 Å². The number of hydrogen-bond donors (Lipinski definition) is 1. The highest BCUT2D eigenvalue weighted by molar-refractivity contribution is 5.91. The Balaban J connectivity index is 1.51. The van der Waals surface area contributed by atoms with E-state index in [0.717, 1.165) is 38.3 Å². The fourth-order valence-corrected chi connectivity index (χ4v) is 2.95. The first-order valence-corrected chi connectivity index (χ1v) is 7.77. The van der Waals surface area contributed by atoms with Crippen LogP contribution in [0.5, 0.6) is 0 Å². The Morgan fingerprint density at radius 3 is 2.74 bits per heavy atom. The topological polar surface area (TPSA) is 41.6 Å². The zero-order valence-electron chi connectivity index (χ0n) is 12.2. The van der Waals surface area contributed by atoms with E-state index in [2.05, 4.69) is 19.2 Å². The number of carbonyl (C=O) groups excluding carboxylic acids is 1. The van der Waals surface area contributed by atoms with Crippen LogP contribution in [0.4, 0.5) is 0 Å². The minimum atomic E-state index is -0.184. The van der Waals surface area contributed by atoms with Crippen molar-refractivity contribution in [2.45, 2.75) is 57.7 Å². The quantitative estimate of drug-likeness (QED) is 0.714. The van der Waals surface area contributed by atoms with Gasteiger partial charge in [0.1, 0.15) is 0 Å². The third-order valence-corrected chi connectivity index (χ3v) is 4.46. The fourth-order valence-electron chi connectivity index (χ4n) is 2.95. The van der Waals surface area contributed by atoms with Crippen molar-refractivity contribution in [2.24, 2.45) is 11.8 Å². The predicted molar refractivity (Wildman–Crippen MR) is 73.6 cm³/mol. The molecule has 4 nitrogen and oxygen atoms in total. The summed E-state index contributed by atoms with van der Waals surface area (Å²) < 4.78 is 5.69. The molecular formula is C15H26N2O2. The van der Waals surface area contributed by atoms with Gasteiger partial charge in [0.25, 0.3) is 0 Å². The van der Waals surface area contributed by atoms with Crippen molar-refractivity contribution in [2.75, 3.05) is 19.8 Å². The van der Waals surface area contributed by atoms with Gasteiger partial charge in [0, 0.05) is 13.2 Å². The number of hydrogen-bond acceptors (Lipinski definition) is 3. The van der Waals surface area contributed by atoms with E-state index < -0.39 is 0 Å². The largest absolute Gasteiger partial charge is 0.379 e. The van der Waals surface area contributed by atoms with Gasteiger partial charge in [0.2, 0.25) is 5.91 Å². The van der Waals surface area contributed by atoms with Gasteiger partial charge in [-0.25, -0.2) is 0 Å². The molecule has 1 amide bonds. The molecule has 3 fully saturated rings. The summed E-state index contributed by atoms with van der Waals surface area (Å²) in [6.07, 6.45) is 5.93. The normalized spacial score (nSPS) is 28.7. The van der Waals surface area contributed by atoms with Crippen molar-refractivity contribution in [1.29, 1.82) is 0 Å². The standard InChI is InChI=1S/C15H26N2O2/c1-11(2)9-13-16-15(5-6-15)14(18)17(13)7-8-19-10-12-3-4-12/h11-13,16H,3-10H2,1-2H3. The summed E-state index contributed by atoms with van der Waals surface area (Å²) in [4.78, 5) is 14.5. The van der Waals surface area contributed by atoms with Gasteiger partial charge >= 0.3 is 0 Å². The molecule has 1 heterocycles. The highest BCUT2D eigenvalue weighted by Crippen LogP contribution is 2.42. The second-order valence-electron chi connectivity index (χ2n) is 6.89. The maximum Gasteiger partial charge on any atom is 0.244 e. The van der Waals surface area contributed by atoms with Gasteiger partial charge in [-0.15, -0.1) is 0 Å². The molecule has 1 aliphatic heterocycles. The summed E-state index contributed by atoms with van der Waals surface area (Å²) >= 11 is 0. The Kier molecular flexibility index (Phi) is 3.56. The molecular weight excluding hydrogens is 240 g/mol. The van der Waals surface area contributed by atoms with Gasteiger partial charge in [-0.3, -0.25) is 10.1 Å². The molecule has 2 aliphatic carbocycles. The first-order chi connectivity index (χ1) is 9.11. The van der Waals surface area contributed by atoms with Crippen LogP contribution in [0.2, 0.25) is 0 Å². The van der Waals surface area contributed by atoms with Crippen molar-refractivity contribution >= 4 is 5.91 Å². The molecule has 2 saturated carbocycles. The van der Waals surface area contributed by atoms with Crippen molar-refractivity contribution in [3.63, 3.8) is 0 Å². The van der Waals surface area contributed by atoms with Gasteiger partial charge in [-0.1, -0.05) is 13.8 Å². The molecule has 1 spiro atoms. The SMILES string of the molecule is CC(C)CC1NC2(CC2)C(=O)N1CCOCC1CC1. The fraction of sp³-hybridized carbons (Fsp3) is 0.933. The molecule has 4 heteroatoms. The zero-order chi connectivity index (χ0) is 13.5. The van der Waals surface area contributed by atoms with Crippen LogP contribution in [-0.2, 0) is 9.53 Å². The zero-order valence-corrected chi connectivity index (χ0v) is 12.2. The van der Waals surface area contributed by atoms with Crippen LogP contribution < -0.4 is 5.32 Å². The first kappa shape index (κ1) is 13.4. The molecule has 0 aromatic carbocycles. The molecule has 19 heavy (non-hydrogen) atoms. The van der Waals surface area contributed by atoms with Gasteiger partial charge in [0.05, 0.1) is 18.3 Å². The number of ether oxygens (including phenoxy) is 1. The van der Waals surface area contributed by atoms with Crippen LogP contribution >= 0.6 is 0 Å². The summed E-state index contributed by atoms with van der Waals surface area (Å²) in [7, 11) is 0. The molecule has 0 radical (unpaired) electrons. The number of rotatable bonds is 7. The van der Waals surface area contributed by atoms with E-state index in [-0.39, 0.29) is 11.7 Å². The van der Waals surface area contributed by atoms with E-state index in [4.69, 9.17) is 4.74 Å². The minimum absolute atomic E-state index is 0.184. The van der Waals surface area contributed by atoms with Crippen LogP contribution in [0.25, 0.3) is 0 Å². The summed E-state index contributed by atoms with van der Waals surface area (Å²) in [6.45, 7) is 6.75. The average Bonchev–Trinajstić information content (AvgIpc) is 3.21. The number of nitrogens with one attached hydrogen (secondary N) is 1. The molecule has 1 saturated heterocycles. The summed E-state index contributed by atoms with van der Waals surface area (Å²) in [6, 6.07) is 0. The Labute approximate surface area is 115 Å². The lowest BCUT2D eigenvalue weighted by molar-refractivity contribution is -0.131. The lowest BCUT2D eigenvalue weighted by Crippen LogP contribution is -2.40. The van der Waals surface area contributed by atoms with E-state index in [1.165, 1.54) is 12.8 Å². The van der Waals surface area contributed by atoms with Crippen molar-refractivity contribution in [3.8, 4) is 0 Å². The molecule has 0 aromatic rings. The monoisotopic (exact) mass is 266 g/mol. The molecule has 108 valence electrons. The molecule has 1 unspecified atom stereocenters. The van der Waals surface area contributed by atoms with E-state index in [1.54, 1.807) is 0 Å². The Bertz CT molecular complexity index is 348. The maximum atomic E-state index is 12.4. The minimum Gasteiger partial charge on any atom is -0.379 e. The van der Waals surface area contributed by atoms with E-state index in [1.807, 2.05) is 4.90 Å². The molecule has 3 rings (SSSR count). The smallest absolute Gasteiger partial charge is 0.244 e. The molecule has 3 aliphatic rings. The maximum absolute atomic E-state index is 12.4. The lowest BCUT2D eigenvalue weighted by Gasteiger charge is -2.25. The van der Waals surface area contributed by atoms with E-state index in [0.29, 0.717) is 18.4 Å². The number of amides is 1. The molecule has 0 aromatic heterocycles. The Morgan fingerprint density at radius 2 is 2.16 bits per heavy atom. The van der Waals surface area contributed by atoms with Crippen molar-refractivity contribution < 1.29 is 9.53 Å². The van der Waals surface area contributed by atoms with E-state index >= 15 is 0 Å². The summed E-state index contributed by atoms with van der Waals surface area (Å²) in [5, 5.41) is 3.56. The van der Waals surface area contributed by atoms with Crippen LogP contribution in [-0.4, -0.2) is 42.3 Å². The predicted octanol–water partition coefficient (Wildman–Crippen LogP) is 1.75. The van der Waals surface area contributed by atoms with Crippen LogP contribution in [0, 0.1) is 11.8 Å². The van der Waals surface area contributed by atoms with Crippen molar-refractivity contribution in [3.05, 3.63) is 0 Å². The molecule has 1 N–H and O–H groups in total.